The van der Waals surface area contributed by atoms with Gasteiger partial charge < -0.3 is 30.0 Å². The molecule has 18 heteroatoms. The van der Waals surface area contributed by atoms with Crippen molar-refractivity contribution in [2.75, 3.05) is 56.9 Å². The van der Waals surface area contributed by atoms with Gasteiger partial charge >= 0.3 is 6.03 Å². The second-order valence-corrected chi connectivity index (χ2v) is 21.3. The van der Waals surface area contributed by atoms with Crippen LogP contribution in [0.4, 0.5) is 14.9 Å². The summed E-state index contributed by atoms with van der Waals surface area (Å²) in [5.74, 6) is 0.636. The first-order chi connectivity index (χ1) is 31.8. The van der Waals surface area contributed by atoms with Crippen molar-refractivity contribution in [1.82, 2.24) is 35.4 Å². The number of amides is 5. The quantitative estimate of drug-likeness (QED) is 0.0661. The van der Waals surface area contributed by atoms with Gasteiger partial charge in [-0.25, -0.2) is 19.6 Å². The number of likely N-dealkylation sites (tertiary alicyclic amines) is 1. The molecule has 3 aromatic rings. The number of hydrogen-bond donors (Lipinski definition) is 3. The average molecular weight is 944 g/mol. The lowest BCUT2D eigenvalue weighted by molar-refractivity contribution is -0.133. The molecule has 2 aromatic heterocycles. The highest BCUT2D eigenvalue weighted by atomic mass is 33.1. The van der Waals surface area contributed by atoms with Crippen LogP contribution in [0.3, 0.4) is 0 Å². The molecule has 7 rings (SSSR count). The monoisotopic (exact) mass is 943 g/mol. The molecule has 2 aliphatic heterocycles. The normalized spacial score (nSPS) is 19.5. The summed E-state index contributed by atoms with van der Waals surface area (Å²) in [6, 6.07) is 12.2. The third kappa shape index (κ3) is 14.0. The number of aromatic nitrogens is 2. The van der Waals surface area contributed by atoms with Crippen molar-refractivity contribution in [3.05, 3.63) is 83.1 Å². The van der Waals surface area contributed by atoms with E-state index in [1.807, 2.05) is 43.0 Å². The second-order valence-electron chi connectivity index (χ2n) is 18.2. The van der Waals surface area contributed by atoms with Crippen molar-refractivity contribution < 1.29 is 33.1 Å². The Bertz CT molecular complexity index is 2230. The Morgan fingerprint density at radius 2 is 1.77 bits per heavy atom. The highest BCUT2D eigenvalue weighted by molar-refractivity contribution is 8.77. The van der Waals surface area contributed by atoms with Crippen molar-refractivity contribution in [2.24, 2.45) is 11.0 Å². The number of carbonyl (C=O) groups excluding carboxylic acids is 5. The molecule has 0 radical (unpaired) electrons. The number of rotatable bonds is 19. The Balaban J connectivity index is 0.740. The van der Waals surface area contributed by atoms with Gasteiger partial charge in [0.05, 0.1) is 18.0 Å². The maximum atomic E-state index is 15.0. The largest absolute Gasteiger partial charge is 0.478 e. The van der Waals surface area contributed by atoms with Crippen molar-refractivity contribution in [2.45, 2.75) is 108 Å². The molecule has 0 bridgehead atoms. The number of nitrogens with zero attached hydrogens (tertiary/aromatic N) is 6. The third-order valence-electron chi connectivity index (χ3n) is 12.5. The molecule has 354 valence electrons. The van der Waals surface area contributed by atoms with E-state index in [1.165, 1.54) is 6.07 Å². The molecule has 15 nitrogen and oxygen atoms in total. The van der Waals surface area contributed by atoms with E-state index in [0.717, 1.165) is 74.1 Å². The summed E-state index contributed by atoms with van der Waals surface area (Å²) in [5, 5.41) is 10.2. The van der Waals surface area contributed by atoms with Gasteiger partial charge in [-0.1, -0.05) is 33.7 Å². The number of carbonyl (C=O) groups is 5. The van der Waals surface area contributed by atoms with E-state index < -0.39 is 5.82 Å². The molecule has 5 amide bonds. The lowest BCUT2D eigenvalue weighted by atomic mass is 9.94. The minimum Gasteiger partial charge on any atom is -0.478 e. The van der Waals surface area contributed by atoms with E-state index in [0.29, 0.717) is 81.0 Å². The molecule has 4 aliphatic rings. The fourth-order valence-corrected chi connectivity index (χ4v) is 11.3. The van der Waals surface area contributed by atoms with E-state index in [2.05, 4.69) is 36.0 Å². The number of fused-ring (bicyclic) bond motifs is 1. The zero-order valence-electron chi connectivity index (χ0n) is 38.2. The molecule has 4 heterocycles. The van der Waals surface area contributed by atoms with Crippen molar-refractivity contribution in [3.8, 4) is 5.88 Å². The van der Waals surface area contributed by atoms with Crippen molar-refractivity contribution >= 4 is 62.5 Å². The molecule has 1 aromatic carbocycles. The molecule has 2 saturated heterocycles. The number of piperidine rings is 1. The highest BCUT2D eigenvalue weighted by Crippen LogP contribution is 2.47. The first-order valence-corrected chi connectivity index (χ1v) is 25.5. The van der Waals surface area contributed by atoms with Gasteiger partial charge in [-0.05, 0) is 101 Å². The van der Waals surface area contributed by atoms with Gasteiger partial charge in [-0.3, -0.25) is 24.3 Å². The van der Waals surface area contributed by atoms with Crippen LogP contribution in [0.25, 0.3) is 0 Å². The molecule has 1 saturated carbocycles. The maximum Gasteiger partial charge on any atom is 0.317 e. The fourth-order valence-electron chi connectivity index (χ4n) is 8.77. The number of ether oxygens (including phenoxy) is 1. The molecule has 3 fully saturated rings. The Labute approximate surface area is 394 Å². The van der Waals surface area contributed by atoms with Gasteiger partial charge in [0.15, 0.2) is 0 Å². The van der Waals surface area contributed by atoms with E-state index in [4.69, 9.17) is 4.74 Å². The van der Waals surface area contributed by atoms with Gasteiger partial charge in [0, 0.05) is 123 Å². The minimum atomic E-state index is -0.489. The summed E-state index contributed by atoms with van der Waals surface area (Å²) < 4.78 is 20.4. The second kappa shape index (κ2) is 23.1. The number of benzene rings is 1. The number of hydrogen-bond acceptors (Lipinski definition) is 12. The molecule has 2 atom stereocenters. The topological polar surface area (TPSA) is 179 Å². The van der Waals surface area contributed by atoms with Gasteiger partial charge in [0.25, 0.3) is 0 Å². The number of ketones is 1. The van der Waals surface area contributed by atoms with Gasteiger partial charge in [-0.2, -0.15) is 5.10 Å². The highest BCUT2D eigenvalue weighted by Gasteiger charge is 2.44. The Hall–Kier alpha value is -5.07. The van der Waals surface area contributed by atoms with Gasteiger partial charge in [-0.15, -0.1) is 0 Å². The summed E-state index contributed by atoms with van der Waals surface area (Å²) >= 11 is 0. The smallest absolute Gasteiger partial charge is 0.317 e. The van der Waals surface area contributed by atoms with Crippen LogP contribution < -0.4 is 20.8 Å². The van der Waals surface area contributed by atoms with E-state index >= 15 is 4.39 Å². The van der Waals surface area contributed by atoms with E-state index in [9.17, 15) is 24.0 Å². The number of nitrogens with one attached hydrogen (secondary N) is 3. The van der Waals surface area contributed by atoms with Crippen molar-refractivity contribution in [3.63, 3.8) is 0 Å². The van der Waals surface area contributed by atoms with Crippen LogP contribution in [0, 0.1) is 11.7 Å². The SMILES string of the molecule is CC(=O)CCCOc1ccc2c(n1)CCC/C2=N\NC(=O)CC(C)(C)SSCCC(=O)N1CCN(C2CCN(C(=O)NCc3ccc(NC(=O)C4CC4c4cccnc4)cc3F)CC2)CC1. The predicted octanol–water partition coefficient (Wildman–Crippen LogP) is 6.72. The number of aryl methyl sites for hydroxylation is 1. The van der Waals surface area contributed by atoms with Crippen LogP contribution >= 0.6 is 21.6 Å². The summed E-state index contributed by atoms with van der Waals surface area (Å²) in [4.78, 5) is 78.0. The Kier molecular flexibility index (Phi) is 17.1. The van der Waals surface area contributed by atoms with Crippen LogP contribution in [0.1, 0.15) is 107 Å². The number of pyridine rings is 2. The molecule has 0 spiro atoms. The Morgan fingerprint density at radius 3 is 2.52 bits per heavy atom. The number of anilines is 1. The predicted molar refractivity (Wildman–Crippen MR) is 256 cm³/mol. The number of urea groups is 1. The summed E-state index contributed by atoms with van der Waals surface area (Å²) in [6.07, 6.45) is 10.1. The Morgan fingerprint density at radius 1 is 0.970 bits per heavy atom. The average Bonchev–Trinajstić information content (AvgIpc) is 4.13. The fraction of sp³-hybridized carbons (Fsp3) is 0.542. The van der Waals surface area contributed by atoms with Crippen molar-refractivity contribution in [1.29, 1.82) is 0 Å². The zero-order chi connectivity index (χ0) is 46.6. The number of halogens is 1. The molecule has 2 unspecified atom stereocenters. The molecular formula is C48H62FN9O6S2. The van der Waals surface area contributed by atoms with Crippen LogP contribution in [0.5, 0.6) is 5.88 Å². The molecule has 3 N–H and O–H groups in total. The molecule has 66 heavy (non-hydrogen) atoms. The van der Waals surface area contributed by atoms with Crippen LogP contribution in [-0.4, -0.2) is 122 Å². The van der Waals surface area contributed by atoms with E-state index in [-0.39, 0.29) is 59.1 Å². The lowest BCUT2D eigenvalue weighted by Crippen LogP contribution is -2.55. The lowest BCUT2D eigenvalue weighted by Gasteiger charge is -2.42. The third-order valence-corrected chi connectivity index (χ3v) is 15.8. The minimum absolute atomic E-state index is 0.0447. The molecule has 2 aliphatic carbocycles. The van der Waals surface area contributed by atoms with E-state index in [1.54, 1.807) is 57.9 Å². The van der Waals surface area contributed by atoms with Crippen LogP contribution in [0.15, 0.2) is 60.0 Å². The zero-order valence-corrected chi connectivity index (χ0v) is 39.8. The van der Waals surface area contributed by atoms with Gasteiger partial charge in [0.2, 0.25) is 23.6 Å². The summed E-state index contributed by atoms with van der Waals surface area (Å²) in [6.45, 7) is 10.2. The number of Topliss-reactive ketones (excluding diaryl/α,β-unsaturated/α-hetero) is 1. The number of hydrazone groups is 1. The summed E-state index contributed by atoms with van der Waals surface area (Å²) in [5.41, 5.74) is 7.14. The standard InChI is InChI=1S/C48H62FN9O6S2/c1-32(59)7-6-25-64-44-14-13-37-41(53-44)9-4-10-42(37)54-55-43(60)29-48(2,3)66-65-26-17-45(61)57-23-21-56(22-24-57)36-15-19-58(20-16-36)47(63)51-31-34-11-12-35(27-40(34)49)52-46(62)39-28-38(39)33-8-5-18-50-30-33/h5,8,11-14,18,27,30,36,38-39H,4,6-7,9-10,15-17,19-26,28-29,31H2,1-3H3,(H,51,63)(H,52,62)(H,55,60)/b54-42+. The van der Waals surface area contributed by atoms with Crippen LogP contribution in [0.2, 0.25) is 0 Å². The summed E-state index contributed by atoms with van der Waals surface area (Å²) in [7, 11) is 3.22. The maximum absolute atomic E-state index is 15.0. The number of piperazine rings is 1. The molecular weight excluding hydrogens is 882 g/mol. The van der Waals surface area contributed by atoms with Crippen LogP contribution in [-0.2, 0) is 32.1 Å². The first-order valence-electron chi connectivity index (χ1n) is 23.1. The van der Waals surface area contributed by atoms with Gasteiger partial charge in [0.1, 0.15) is 11.6 Å². The first kappa shape index (κ1) is 48.9.